The number of amides is 2. The summed E-state index contributed by atoms with van der Waals surface area (Å²) >= 11 is 1.10. The molecule has 1 saturated heterocycles. The van der Waals surface area contributed by atoms with Crippen molar-refractivity contribution >= 4 is 22.9 Å². The van der Waals surface area contributed by atoms with Crippen molar-refractivity contribution in [2.45, 2.75) is 38.9 Å². The second kappa shape index (κ2) is 3.01. The molecule has 1 rings (SSSR count). The third kappa shape index (κ3) is 2.46. The Bertz CT molecular complexity index is 257. The second-order valence-electron chi connectivity index (χ2n) is 4.81. The Kier molecular flexibility index (Phi) is 2.45. The molecule has 1 aliphatic heterocycles. The van der Waals surface area contributed by atoms with Crippen LogP contribution in [-0.4, -0.2) is 15.9 Å². The average Bonchev–Trinajstić information content (AvgIpc) is 2.00. The topological polar surface area (TPSA) is 46.2 Å². The normalized spacial score (nSPS) is 29.2. The van der Waals surface area contributed by atoms with Gasteiger partial charge in [0, 0.05) is 0 Å². The molecule has 0 saturated carbocycles. The quantitative estimate of drug-likeness (QED) is 0.707. The summed E-state index contributed by atoms with van der Waals surface area (Å²) in [5, 5.41) is 2.09. The summed E-state index contributed by atoms with van der Waals surface area (Å²) in [6.45, 7) is 8.02. The molecule has 1 N–H and O–H groups in total. The highest BCUT2D eigenvalue weighted by atomic mass is 32.2. The molecule has 0 aromatic heterocycles. The molecule has 0 aliphatic carbocycles. The number of rotatable bonds is 1. The molecule has 1 atom stereocenters. The van der Waals surface area contributed by atoms with Gasteiger partial charge in [-0.2, -0.15) is 0 Å². The molecular formula is C9H15NO2S. The molecule has 2 amide bonds. The van der Waals surface area contributed by atoms with Crippen LogP contribution in [0.3, 0.4) is 0 Å². The Balaban J connectivity index is 2.77. The highest BCUT2D eigenvalue weighted by molar-refractivity contribution is 8.16. The number of thioether (sulfide) groups is 1. The summed E-state index contributed by atoms with van der Waals surface area (Å²) in [6, 6.07) is 0. The Hall–Kier alpha value is -0.510. The zero-order valence-corrected chi connectivity index (χ0v) is 9.25. The zero-order chi connectivity index (χ0) is 10.3. The van der Waals surface area contributed by atoms with Gasteiger partial charge in [0.15, 0.2) is 0 Å². The van der Waals surface area contributed by atoms with Gasteiger partial charge in [0.25, 0.3) is 5.24 Å². The monoisotopic (exact) mass is 201 g/mol. The molecular weight excluding hydrogens is 186 g/mol. The lowest BCUT2D eigenvalue weighted by molar-refractivity contribution is -0.122. The Morgan fingerprint density at radius 3 is 2.23 bits per heavy atom. The summed E-state index contributed by atoms with van der Waals surface area (Å²) in [6.07, 6.45) is 0.711. The van der Waals surface area contributed by atoms with Crippen LogP contribution in [0.25, 0.3) is 0 Å². The maximum atomic E-state index is 11.4. The molecule has 0 spiro atoms. The van der Waals surface area contributed by atoms with Crippen molar-refractivity contribution < 1.29 is 9.59 Å². The van der Waals surface area contributed by atoms with Crippen LogP contribution in [0, 0.1) is 5.41 Å². The summed E-state index contributed by atoms with van der Waals surface area (Å²) in [5.41, 5.74) is 0.0592. The van der Waals surface area contributed by atoms with Gasteiger partial charge in [0.1, 0.15) is 4.75 Å². The Morgan fingerprint density at radius 2 is 1.92 bits per heavy atom. The van der Waals surface area contributed by atoms with Crippen molar-refractivity contribution in [3.8, 4) is 0 Å². The van der Waals surface area contributed by atoms with Gasteiger partial charge < -0.3 is 0 Å². The minimum Gasteiger partial charge on any atom is -0.286 e. The van der Waals surface area contributed by atoms with E-state index in [0.717, 1.165) is 11.8 Å². The standard InChI is InChI=1S/C9H15NO2S/c1-8(2,3)5-9(4)6(11)10-7(12)13-9/h5H2,1-4H3,(H,10,11,12). The van der Waals surface area contributed by atoms with Gasteiger partial charge in [0.2, 0.25) is 5.91 Å². The molecule has 0 bridgehead atoms. The maximum absolute atomic E-state index is 11.4. The fourth-order valence-electron chi connectivity index (χ4n) is 1.63. The van der Waals surface area contributed by atoms with Gasteiger partial charge in [0.05, 0.1) is 0 Å². The lowest BCUT2D eigenvalue weighted by atomic mass is 9.84. The van der Waals surface area contributed by atoms with Crippen LogP contribution < -0.4 is 5.32 Å². The van der Waals surface area contributed by atoms with Crippen LogP contribution in [0.2, 0.25) is 0 Å². The van der Waals surface area contributed by atoms with Crippen molar-refractivity contribution in [3.05, 3.63) is 0 Å². The molecule has 1 aliphatic rings. The van der Waals surface area contributed by atoms with E-state index in [2.05, 4.69) is 26.1 Å². The first-order valence-electron chi connectivity index (χ1n) is 4.27. The van der Waals surface area contributed by atoms with E-state index in [-0.39, 0.29) is 16.6 Å². The highest BCUT2D eigenvalue weighted by Gasteiger charge is 2.45. The molecule has 1 heterocycles. The van der Waals surface area contributed by atoms with E-state index < -0.39 is 4.75 Å². The number of hydrogen-bond donors (Lipinski definition) is 1. The van der Waals surface area contributed by atoms with Gasteiger partial charge in [-0.3, -0.25) is 14.9 Å². The lowest BCUT2D eigenvalue weighted by Gasteiger charge is -2.27. The number of carbonyl (C=O) groups is 2. The second-order valence-corrected chi connectivity index (χ2v) is 6.29. The SMILES string of the molecule is CC(C)(C)CC1(C)SC(=O)NC1=O. The summed E-state index contributed by atoms with van der Waals surface area (Å²) < 4.78 is -0.574. The van der Waals surface area contributed by atoms with E-state index in [1.807, 2.05) is 6.92 Å². The average molecular weight is 201 g/mol. The van der Waals surface area contributed by atoms with Crippen molar-refractivity contribution in [3.63, 3.8) is 0 Å². The van der Waals surface area contributed by atoms with Gasteiger partial charge in [-0.1, -0.05) is 20.8 Å². The van der Waals surface area contributed by atoms with E-state index in [1.54, 1.807) is 0 Å². The van der Waals surface area contributed by atoms with Crippen molar-refractivity contribution in [1.29, 1.82) is 0 Å². The largest absolute Gasteiger partial charge is 0.286 e. The van der Waals surface area contributed by atoms with E-state index in [4.69, 9.17) is 0 Å². The smallest absolute Gasteiger partial charge is 0.286 e. The van der Waals surface area contributed by atoms with E-state index in [0.29, 0.717) is 6.42 Å². The zero-order valence-electron chi connectivity index (χ0n) is 8.43. The molecule has 0 aromatic carbocycles. The van der Waals surface area contributed by atoms with Crippen LogP contribution in [0.1, 0.15) is 34.1 Å². The van der Waals surface area contributed by atoms with E-state index in [1.165, 1.54) is 0 Å². The summed E-state index contributed by atoms with van der Waals surface area (Å²) in [5.74, 6) is -0.155. The molecule has 4 heteroatoms. The van der Waals surface area contributed by atoms with E-state index in [9.17, 15) is 9.59 Å². The van der Waals surface area contributed by atoms with Crippen molar-refractivity contribution in [2.24, 2.45) is 5.41 Å². The Morgan fingerprint density at radius 1 is 1.38 bits per heavy atom. The summed E-state index contributed by atoms with van der Waals surface area (Å²) in [7, 11) is 0. The van der Waals surface area contributed by atoms with Gasteiger partial charge >= 0.3 is 0 Å². The van der Waals surface area contributed by atoms with Gasteiger partial charge in [-0.15, -0.1) is 0 Å². The predicted octanol–water partition coefficient (Wildman–Crippen LogP) is 2.16. The van der Waals surface area contributed by atoms with Crippen molar-refractivity contribution in [2.75, 3.05) is 0 Å². The minimum atomic E-state index is -0.574. The van der Waals surface area contributed by atoms with Crippen LogP contribution in [0.4, 0.5) is 4.79 Å². The highest BCUT2D eigenvalue weighted by Crippen LogP contribution is 2.40. The Labute approximate surface area is 82.6 Å². The van der Waals surface area contributed by atoms with Crippen LogP contribution in [0.5, 0.6) is 0 Å². The molecule has 3 nitrogen and oxygen atoms in total. The van der Waals surface area contributed by atoms with Crippen molar-refractivity contribution in [1.82, 2.24) is 5.32 Å². The van der Waals surface area contributed by atoms with Gasteiger partial charge in [-0.25, -0.2) is 0 Å². The first kappa shape index (κ1) is 10.6. The molecule has 1 unspecified atom stereocenters. The molecule has 0 radical (unpaired) electrons. The molecule has 0 aromatic rings. The fourth-order valence-corrected chi connectivity index (χ4v) is 2.83. The van der Waals surface area contributed by atoms with Crippen LogP contribution in [0.15, 0.2) is 0 Å². The summed E-state index contributed by atoms with van der Waals surface area (Å²) in [4.78, 5) is 22.4. The predicted molar refractivity (Wildman–Crippen MR) is 53.6 cm³/mol. The number of hydrogen-bond acceptors (Lipinski definition) is 3. The molecule has 13 heavy (non-hydrogen) atoms. The number of carbonyl (C=O) groups excluding carboxylic acids is 2. The molecule has 1 fully saturated rings. The fraction of sp³-hybridized carbons (Fsp3) is 0.778. The molecule has 74 valence electrons. The van der Waals surface area contributed by atoms with Crippen LogP contribution in [-0.2, 0) is 4.79 Å². The van der Waals surface area contributed by atoms with E-state index >= 15 is 0 Å². The first-order valence-corrected chi connectivity index (χ1v) is 5.09. The number of nitrogens with one attached hydrogen (secondary N) is 1. The lowest BCUT2D eigenvalue weighted by Crippen LogP contribution is -2.36. The number of imide groups is 1. The third-order valence-corrected chi connectivity index (χ3v) is 2.95. The maximum Gasteiger partial charge on any atom is 0.286 e. The third-order valence-electron chi connectivity index (χ3n) is 1.88. The van der Waals surface area contributed by atoms with Crippen LogP contribution >= 0.6 is 11.8 Å². The minimum absolute atomic E-state index is 0.0592. The van der Waals surface area contributed by atoms with Gasteiger partial charge in [-0.05, 0) is 30.5 Å². The first-order chi connectivity index (χ1) is 5.73.